The van der Waals surface area contributed by atoms with Crippen LogP contribution in [0.2, 0.25) is 0 Å². The molecule has 1 saturated carbocycles. The van der Waals surface area contributed by atoms with E-state index >= 15 is 0 Å². The zero-order chi connectivity index (χ0) is 16.5. The summed E-state index contributed by atoms with van der Waals surface area (Å²) in [7, 11) is 0. The third-order valence-electron chi connectivity index (χ3n) is 4.58. The summed E-state index contributed by atoms with van der Waals surface area (Å²) in [6.07, 6.45) is 12.2. The summed E-state index contributed by atoms with van der Waals surface area (Å²) in [5.41, 5.74) is 1.38. The Bertz CT molecular complexity index is 832. The molecule has 2 N–H and O–H groups in total. The Morgan fingerprint density at radius 3 is 2.92 bits per heavy atom. The van der Waals surface area contributed by atoms with E-state index in [0.29, 0.717) is 5.92 Å². The predicted molar refractivity (Wildman–Crippen MR) is 96.4 cm³/mol. The highest BCUT2D eigenvalue weighted by Gasteiger charge is 2.29. The number of aromatic nitrogens is 2. The first-order valence-corrected chi connectivity index (χ1v) is 9.34. The standard InChI is InChI=1S/C18H20N4OS/c1-2-9-19-14(23)10-20-17-15-12-5-3-4-6-13(12)24-18(15)22-16(21-17)11-7-8-11/h1,11H,3-10H2,(H,19,23)(H,20,21,22). The maximum absolute atomic E-state index is 11.9. The van der Waals surface area contributed by atoms with Gasteiger partial charge in [-0.1, -0.05) is 5.92 Å². The van der Waals surface area contributed by atoms with E-state index in [-0.39, 0.29) is 19.0 Å². The van der Waals surface area contributed by atoms with E-state index in [1.165, 1.54) is 36.1 Å². The molecule has 0 atom stereocenters. The normalized spacial score (nSPS) is 16.5. The Hall–Kier alpha value is -2.13. The fourth-order valence-electron chi connectivity index (χ4n) is 3.20. The van der Waals surface area contributed by atoms with E-state index in [4.69, 9.17) is 16.4 Å². The van der Waals surface area contributed by atoms with Crippen molar-refractivity contribution in [3.05, 3.63) is 16.3 Å². The van der Waals surface area contributed by atoms with Crippen molar-refractivity contribution in [3.8, 4) is 12.3 Å². The minimum Gasteiger partial charge on any atom is -0.360 e. The van der Waals surface area contributed by atoms with Crippen molar-refractivity contribution in [3.63, 3.8) is 0 Å². The van der Waals surface area contributed by atoms with Gasteiger partial charge in [0.25, 0.3) is 0 Å². The van der Waals surface area contributed by atoms with Crippen LogP contribution in [0.25, 0.3) is 10.2 Å². The van der Waals surface area contributed by atoms with Crippen molar-refractivity contribution in [1.82, 2.24) is 15.3 Å². The topological polar surface area (TPSA) is 66.9 Å². The summed E-state index contributed by atoms with van der Waals surface area (Å²) in [5, 5.41) is 7.04. The first-order chi connectivity index (χ1) is 11.8. The van der Waals surface area contributed by atoms with Crippen LogP contribution in [-0.2, 0) is 17.6 Å². The molecule has 1 amide bonds. The number of carbonyl (C=O) groups is 1. The molecule has 0 aromatic carbocycles. The molecule has 0 bridgehead atoms. The zero-order valence-electron chi connectivity index (χ0n) is 13.5. The van der Waals surface area contributed by atoms with Crippen molar-refractivity contribution in [2.75, 3.05) is 18.4 Å². The van der Waals surface area contributed by atoms with Crippen molar-refractivity contribution >= 4 is 33.3 Å². The van der Waals surface area contributed by atoms with Gasteiger partial charge in [0.2, 0.25) is 5.91 Å². The second-order valence-corrected chi connectivity index (χ2v) is 7.51. The van der Waals surface area contributed by atoms with Crippen molar-refractivity contribution < 1.29 is 4.79 Å². The van der Waals surface area contributed by atoms with Crippen LogP contribution in [-0.4, -0.2) is 29.0 Å². The van der Waals surface area contributed by atoms with Crippen LogP contribution in [0.5, 0.6) is 0 Å². The molecule has 0 saturated heterocycles. The first-order valence-electron chi connectivity index (χ1n) is 8.52. The van der Waals surface area contributed by atoms with Gasteiger partial charge < -0.3 is 10.6 Å². The number of nitrogens with zero attached hydrogens (tertiary/aromatic N) is 2. The van der Waals surface area contributed by atoms with E-state index < -0.39 is 0 Å². The smallest absolute Gasteiger partial charge is 0.240 e. The summed E-state index contributed by atoms with van der Waals surface area (Å²) in [6, 6.07) is 0. The van der Waals surface area contributed by atoms with Gasteiger partial charge in [-0.05, 0) is 44.1 Å². The van der Waals surface area contributed by atoms with Crippen molar-refractivity contribution in [2.45, 2.75) is 44.4 Å². The molecule has 2 aromatic rings. The lowest BCUT2D eigenvalue weighted by Gasteiger charge is -2.13. The van der Waals surface area contributed by atoms with Crippen LogP contribution in [0.3, 0.4) is 0 Å². The van der Waals surface area contributed by atoms with Crippen molar-refractivity contribution in [2.24, 2.45) is 0 Å². The third-order valence-corrected chi connectivity index (χ3v) is 5.76. The number of hydrogen-bond donors (Lipinski definition) is 2. The molecule has 6 heteroatoms. The Morgan fingerprint density at radius 2 is 2.12 bits per heavy atom. The molecule has 4 rings (SSSR count). The summed E-state index contributed by atoms with van der Waals surface area (Å²) >= 11 is 1.80. The second kappa shape index (κ2) is 6.40. The molecule has 124 valence electrons. The quantitative estimate of drug-likeness (QED) is 0.821. The fraction of sp³-hybridized carbons (Fsp3) is 0.500. The number of nitrogens with one attached hydrogen (secondary N) is 2. The van der Waals surface area contributed by atoms with Crippen LogP contribution in [0.4, 0.5) is 5.82 Å². The number of anilines is 1. The Morgan fingerprint density at radius 1 is 1.29 bits per heavy atom. The van der Waals surface area contributed by atoms with Crippen LogP contribution < -0.4 is 10.6 Å². The highest BCUT2D eigenvalue weighted by molar-refractivity contribution is 7.19. The molecule has 0 spiro atoms. The lowest BCUT2D eigenvalue weighted by molar-refractivity contribution is -0.119. The molecule has 0 aliphatic heterocycles. The molecule has 5 nitrogen and oxygen atoms in total. The number of hydrogen-bond acceptors (Lipinski definition) is 5. The average molecular weight is 340 g/mol. The van der Waals surface area contributed by atoms with E-state index in [0.717, 1.165) is 34.7 Å². The lowest BCUT2D eigenvalue weighted by atomic mass is 9.97. The Labute approximate surface area is 145 Å². The van der Waals surface area contributed by atoms with Gasteiger partial charge in [-0.3, -0.25) is 4.79 Å². The van der Waals surface area contributed by atoms with E-state index in [1.807, 2.05) is 0 Å². The maximum Gasteiger partial charge on any atom is 0.240 e. The number of carbonyl (C=O) groups excluding carboxylic acids is 1. The molecule has 2 aromatic heterocycles. The molecule has 0 radical (unpaired) electrons. The van der Waals surface area contributed by atoms with E-state index in [9.17, 15) is 4.79 Å². The van der Waals surface area contributed by atoms with Crippen LogP contribution in [0.15, 0.2) is 0 Å². The molecular weight excluding hydrogens is 320 g/mol. The molecule has 1 fully saturated rings. The van der Waals surface area contributed by atoms with Crippen LogP contribution in [0.1, 0.15) is 47.9 Å². The number of aryl methyl sites for hydroxylation is 2. The number of amides is 1. The predicted octanol–water partition coefficient (Wildman–Crippen LogP) is 2.61. The summed E-state index contributed by atoms with van der Waals surface area (Å²) in [5.74, 6) is 4.53. The molecule has 24 heavy (non-hydrogen) atoms. The van der Waals surface area contributed by atoms with Gasteiger partial charge >= 0.3 is 0 Å². The van der Waals surface area contributed by atoms with Gasteiger partial charge in [-0.15, -0.1) is 17.8 Å². The van der Waals surface area contributed by atoms with Crippen molar-refractivity contribution in [1.29, 1.82) is 0 Å². The largest absolute Gasteiger partial charge is 0.360 e. The monoisotopic (exact) mass is 340 g/mol. The van der Waals surface area contributed by atoms with E-state index in [2.05, 4.69) is 16.6 Å². The minimum atomic E-state index is -0.114. The summed E-state index contributed by atoms with van der Waals surface area (Å²) in [4.78, 5) is 24.0. The zero-order valence-corrected chi connectivity index (χ0v) is 14.3. The average Bonchev–Trinajstić information content (AvgIpc) is 3.38. The Kier molecular flexibility index (Phi) is 4.11. The number of rotatable bonds is 5. The molecule has 2 aliphatic carbocycles. The second-order valence-electron chi connectivity index (χ2n) is 6.43. The first kappa shape index (κ1) is 15.4. The van der Waals surface area contributed by atoms with Crippen LogP contribution in [0, 0.1) is 12.3 Å². The highest BCUT2D eigenvalue weighted by Crippen LogP contribution is 2.43. The number of fused-ring (bicyclic) bond motifs is 3. The number of terminal acetylenes is 1. The van der Waals surface area contributed by atoms with Gasteiger partial charge in [-0.25, -0.2) is 9.97 Å². The van der Waals surface area contributed by atoms with Gasteiger partial charge in [0, 0.05) is 10.8 Å². The SMILES string of the molecule is C#CCNC(=O)CNc1nc(C2CC2)nc2sc3c(c12)CCCC3. The Balaban J connectivity index is 1.67. The third kappa shape index (κ3) is 2.96. The maximum atomic E-state index is 11.9. The van der Waals surface area contributed by atoms with Gasteiger partial charge in [0.1, 0.15) is 16.5 Å². The van der Waals surface area contributed by atoms with Crippen LogP contribution >= 0.6 is 11.3 Å². The van der Waals surface area contributed by atoms with E-state index in [1.54, 1.807) is 11.3 Å². The molecule has 2 heterocycles. The van der Waals surface area contributed by atoms with Gasteiger partial charge in [0.15, 0.2) is 0 Å². The summed E-state index contributed by atoms with van der Waals surface area (Å²) < 4.78 is 0. The summed E-state index contributed by atoms with van der Waals surface area (Å²) in [6.45, 7) is 0.434. The van der Waals surface area contributed by atoms with Gasteiger partial charge in [-0.2, -0.15) is 0 Å². The highest BCUT2D eigenvalue weighted by atomic mass is 32.1. The lowest BCUT2D eigenvalue weighted by Crippen LogP contribution is -2.30. The molecular formula is C18H20N4OS. The molecule has 0 unspecified atom stereocenters. The minimum absolute atomic E-state index is 0.114. The fourth-order valence-corrected chi connectivity index (χ4v) is 4.47. The number of thiophene rings is 1. The van der Waals surface area contributed by atoms with Gasteiger partial charge in [0.05, 0.1) is 18.5 Å². The molecule has 2 aliphatic rings.